The van der Waals surface area contributed by atoms with Crippen LogP contribution < -0.4 is 5.32 Å². The van der Waals surface area contributed by atoms with Gasteiger partial charge in [0.05, 0.1) is 18.0 Å². The molecule has 18 heavy (non-hydrogen) atoms. The fraction of sp³-hybridized carbons (Fsp3) is 0.333. The average Bonchev–Trinajstić information content (AvgIpc) is 2.28. The van der Waals surface area contributed by atoms with Crippen molar-refractivity contribution in [3.05, 3.63) is 35.4 Å². The van der Waals surface area contributed by atoms with Crippen LogP contribution in [0.4, 0.5) is 13.2 Å². The first-order chi connectivity index (χ1) is 8.32. The summed E-state index contributed by atoms with van der Waals surface area (Å²) in [7, 11) is 0. The van der Waals surface area contributed by atoms with Gasteiger partial charge in [-0.25, -0.2) is 0 Å². The molecule has 1 amide bonds. The van der Waals surface area contributed by atoms with E-state index in [1.807, 2.05) is 0 Å². The Morgan fingerprint density at radius 2 is 1.89 bits per heavy atom. The molecule has 0 aliphatic rings. The van der Waals surface area contributed by atoms with Gasteiger partial charge < -0.3 is 5.32 Å². The largest absolute Gasteiger partial charge is 0.416 e. The number of nitrogens with one attached hydrogen (secondary N) is 1. The number of benzene rings is 1. The molecule has 0 aliphatic heterocycles. The monoisotopic (exact) mass is 258 g/mol. The predicted molar refractivity (Wildman–Crippen MR) is 58.4 cm³/mol. The van der Waals surface area contributed by atoms with Crippen molar-refractivity contribution in [2.24, 2.45) is 0 Å². The van der Waals surface area contributed by atoms with Crippen LogP contribution in [0.25, 0.3) is 0 Å². The summed E-state index contributed by atoms with van der Waals surface area (Å²) < 4.78 is 36.8. The lowest BCUT2D eigenvalue weighted by Gasteiger charge is -2.09. The van der Waals surface area contributed by atoms with E-state index in [0.717, 1.165) is 12.1 Å². The summed E-state index contributed by atoms with van der Waals surface area (Å²) in [6.45, 7) is 1.46. The number of rotatable bonds is 4. The van der Waals surface area contributed by atoms with Crippen LogP contribution in [-0.4, -0.2) is 18.2 Å². The molecule has 97 valence electrons. The van der Waals surface area contributed by atoms with E-state index in [1.165, 1.54) is 19.1 Å². The lowest BCUT2D eigenvalue weighted by atomic mass is 10.1. The molecule has 1 aromatic rings. The van der Waals surface area contributed by atoms with Gasteiger partial charge in [0.25, 0.3) is 0 Å². The predicted octanol–water partition coefficient (Wildman–Crippen LogP) is 1.86. The first-order valence-corrected chi connectivity index (χ1v) is 5.16. The minimum absolute atomic E-state index is 0.0792. The van der Waals surface area contributed by atoms with Gasteiger partial charge in [-0.2, -0.15) is 13.2 Å². The van der Waals surface area contributed by atoms with Crippen molar-refractivity contribution in [2.75, 3.05) is 0 Å². The van der Waals surface area contributed by atoms with E-state index >= 15 is 0 Å². The van der Waals surface area contributed by atoms with Gasteiger partial charge >= 0.3 is 6.18 Å². The van der Waals surface area contributed by atoms with Crippen molar-refractivity contribution in [3.63, 3.8) is 0 Å². The van der Waals surface area contributed by atoms with Crippen LogP contribution in [0.2, 0.25) is 0 Å². The molecular weight excluding hydrogens is 247 g/mol. The molecule has 0 saturated carbocycles. The molecule has 0 heterocycles. The van der Waals surface area contributed by atoms with E-state index in [9.17, 15) is 22.8 Å². The second kappa shape index (κ2) is 5.66. The topological polar surface area (TPSA) is 46.2 Å². The van der Waals surface area contributed by atoms with E-state index in [1.54, 1.807) is 6.29 Å². The highest BCUT2D eigenvalue weighted by atomic mass is 19.4. The molecule has 1 radical (unpaired) electrons. The number of halogens is 3. The van der Waals surface area contributed by atoms with Gasteiger partial charge in [0, 0.05) is 0 Å². The number of carbonyl (C=O) groups is 1. The van der Waals surface area contributed by atoms with Crippen LogP contribution in [0.15, 0.2) is 24.3 Å². The maximum absolute atomic E-state index is 12.3. The molecule has 0 aliphatic carbocycles. The second-order valence-electron chi connectivity index (χ2n) is 3.78. The fourth-order valence-electron chi connectivity index (χ4n) is 1.32. The van der Waals surface area contributed by atoms with Crippen molar-refractivity contribution in [1.82, 2.24) is 5.32 Å². The Labute approximate surface area is 102 Å². The Balaban J connectivity index is 2.64. The van der Waals surface area contributed by atoms with Gasteiger partial charge in [-0.1, -0.05) is 12.1 Å². The molecule has 0 fully saturated rings. The molecule has 1 N–H and O–H groups in total. The van der Waals surface area contributed by atoms with Crippen LogP contribution in [0.3, 0.4) is 0 Å². The third kappa shape index (κ3) is 4.20. The SMILES string of the molecule is C[C@@H]([C]=O)NC(=O)Cc1ccc(C(F)(F)F)cc1. The van der Waals surface area contributed by atoms with E-state index in [2.05, 4.69) is 5.32 Å². The Hall–Kier alpha value is -1.85. The zero-order chi connectivity index (χ0) is 13.8. The van der Waals surface area contributed by atoms with Crippen LogP contribution in [0.5, 0.6) is 0 Å². The number of hydrogen-bond acceptors (Lipinski definition) is 2. The zero-order valence-corrected chi connectivity index (χ0v) is 9.54. The van der Waals surface area contributed by atoms with E-state index in [4.69, 9.17) is 0 Å². The normalized spacial score (nSPS) is 12.9. The van der Waals surface area contributed by atoms with E-state index < -0.39 is 23.7 Å². The minimum Gasteiger partial charge on any atom is -0.346 e. The highest BCUT2D eigenvalue weighted by Crippen LogP contribution is 2.29. The number of hydrogen-bond donors (Lipinski definition) is 1. The summed E-state index contributed by atoms with van der Waals surface area (Å²) in [5, 5.41) is 2.34. The summed E-state index contributed by atoms with van der Waals surface area (Å²) in [4.78, 5) is 21.5. The van der Waals surface area contributed by atoms with Crippen LogP contribution in [0.1, 0.15) is 18.1 Å². The van der Waals surface area contributed by atoms with Gasteiger partial charge in [0.2, 0.25) is 12.2 Å². The highest BCUT2D eigenvalue weighted by Gasteiger charge is 2.29. The Bertz CT molecular complexity index is 426. The number of amides is 1. The van der Waals surface area contributed by atoms with Crippen molar-refractivity contribution in [1.29, 1.82) is 0 Å². The maximum atomic E-state index is 12.3. The number of carbonyl (C=O) groups excluding carboxylic acids is 2. The second-order valence-corrected chi connectivity index (χ2v) is 3.78. The summed E-state index contributed by atoms with van der Waals surface area (Å²) in [6.07, 6.45) is -2.89. The van der Waals surface area contributed by atoms with Gasteiger partial charge in [0.1, 0.15) is 0 Å². The Kier molecular flexibility index (Phi) is 4.47. The first-order valence-electron chi connectivity index (χ1n) is 5.16. The van der Waals surface area contributed by atoms with Crippen molar-refractivity contribution in [2.45, 2.75) is 25.6 Å². The van der Waals surface area contributed by atoms with Crippen LogP contribution in [0, 0.1) is 0 Å². The van der Waals surface area contributed by atoms with Gasteiger partial charge in [-0.3, -0.25) is 9.59 Å². The minimum atomic E-state index is -4.39. The Morgan fingerprint density at radius 3 is 2.33 bits per heavy atom. The summed E-state index contributed by atoms with van der Waals surface area (Å²) in [5.74, 6) is -0.439. The third-order valence-corrected chi connectivity index (χ3v) is 2.20. The molecule has 6 heteroatoms. The first kappa shape index (κ1) is 14.2. The summed E-state index contributed by atoms with van der Waals surface area (Å²) >= 11 is 0. The molecule has 1 rings (SSSR count). The molecule has 0 spiro atoms. The lowest BCUT2D eigenvalue weighted by molar-refractivity contribution is -0.137. The smallest absolute Gasteiger partial charge is 0.346 e. The van der Waals surface area contributed by atoms with Crippen molar-refractivity contribution >= 4 is 12.2 Å². The van der Waals surface area contributed by atoms with Crippen LogP contribution in [-0.2, 0) is 22.2 Å². The standard InChI is InChI=1S/C12H11F3NO2/c1-8(7-17)16-11(18)6-9-2-4-10(5-3-9)12(13,14)15/h2-5,8H,6H2,1H3,(H,16,18)/t8-/m0/s1. The number of alkyl halides is 3. The van der Waals surface area contributed by atoms with Gasteiger partial charge in [0.15, 0.2) is 0 Å². The average molecular weight is 258 g/mol. The lowest BCUT2D eigenvalue weighted by Crippen LogP contribution is -2.34. The van der Waals surface area contributed by atoms with Gasteiger partial charge in [-0.05, 0) is 24.6 Å². The molecule has 0 bridgehead atoms. The Morgan fingerprint density at radius 1 is 1.33 bits per heavy atom. The molecule has 0 saturated heterocycles. The summed E-state index contributed by atoms with van der Waals surface area (Å²) in [6, 6.07) is 3.57. The molecular formula is C12H11F3NO2. The highest BCUT2D eigenvalue weighted by molar-refractivity contribution is 5.81. The van der Waals surface area contributed by atoms with Gasteiger partial charge in [-0.15, -0.1) is 0 Å². The van der Waals surface area contributed by atoms with E-state index in [0.29, 0.717) is 5.56 Å². The quantitative estimate of drug-likeness (QED) is 0.896. The third-order valence-electron chi connectivity index (χ3n) is 2.20. The van der Waals surface area contributed by atoms with Crippen molar-refractivity contribution in [3.8, 4) is 0 Å². The molecule has 1 atom stereocenters. The van der Waals surface area contributed by atoms with Crippen LogP contribution >= 0.6 is 0 Å². The zero-order valence-electron chi connectivity index (χ0n) is 9.54. The maximum Gasteiger partial charge on any atom is 0.416 e. The molecule has 3 nitrogen and oxygen atoms in total. The summed E-state index contributed by atoms with van der Waals surface area (Å²) in [5.41, 5.74) is -0.320. The molecule has 1 aromatic carbocycles. The molecule has 0 unspecified atom stereocenters. The van der Waals surface area contributed by atoms with Crippen molar-refractivity contribution < 1.29 is 22.8 Å². The molecule has 0 aromatic heterocycles. The fourth-order valence-corrected chi connectivity index (χ4v) is 1.32. The van der Waals surface area contributed by atoms with E-state index in [-0.39, 0.29) is 6.42 Å².